The second-order valence-electron chi connectivity index (χ2n) is 5.04. The first-order valence-electron chi connectivity index (χ1n) is 6.63. The standard InChI is InChI=1S/C17H16N2/c18-11-14-4-3-5-15(10-14)12-19-9-8-16-6-1-2-7-17(16)13-19/h1-7,10H,8-9,12-13H2. The minimum Gasteiger partial charge on any atom is -0.294 e. The van der Waals surface area contributed by atoms with Crippen LogP contribution in [0.15, 0.2) is 48.5 Å². The molecule has 0 bridgehead atoms. The molecular weight excluding hydrogens is 232 g/mol. The fraction of sp³-hybridized carbons (Fsp3) is 0.235. The first-order valence-corrected chi connectivity index (χ1v) is 6.63. The van der Waals surface area contributed by atoms with Gasteiger partial charge in [0.15, 0.2) is 0 Å². The number of rotatable bonds is 2. The smallest absolute Gasteiger partial charge is 0.0991 e. The van der Waals surface area contributed by atoms with Crippen LogP contribution in [-0.2, 0) is 19.5 Å². The summed E-state index contributed by atoms with van der Waals surface area (Å²) in [6.45, 7) is 3.02. The lowest BCUT2D eigenvalue weighted by molar-refractivity contribution is 0.245. The van der Waals surface area contributed by atoms with E-state index >= 15 is 0 Å². The summed E-state index contributed by atoms with van der Waals surface area (Å²) < 4.78 is 0. The van der Waals surface area contributed by atoms with Gasteiger partial charge in [-0.05, 0) is 35.2 Å². The molecule has 94 valence electrons. The van der Waals surface area contributed by atoms with Crippen LogP contribution in [0, 0.1) is 11.3 Å². The molecule has 0 spiro atoms. The molecule has 1 aliphatic heterocycles. The quantitative estimate of drug-likeness (QED) is 0.816. The average molecular weight is 248 g/mol. The molecule has 0 saturated carbocycles. The van der Waals surface area contributed by atoms with E-state index in [4.69, 9.17) is 5.26 Å². The van der Waals surface area contributed by atoms with Crippen LogP contribution >= 0.6 is 0 Å². The highest BCUT2D eigenvalue weighted by Crippen LogP contribution is 2.20. The van der Waals surface area contributed by atoms with Crippen molar-refractivity contribution in [2.75, 3.05) is 6.54 Å². The lowest BCUT2D eigenvalue weighted by atomic mass is 9.99. The Hall–Kier alpha value is -2.11. The first kappa shape index (κ1) is 12.0. The average Bonchev–Trinajstić information content (AvgIpc) is 2.47. The van der Waals surface area contributed by atoms with Gasteiger partial charge < -0.3 is 0 Å². The van der Waals surface area contributed by atoms with Crippen molar-refractivity contribution in [2.45, 2.75) is 19.5 Å². The predicted molar refractivity (Wildman–Crippen MR) is 75.4 cm³/mol. The normalized spacial score (nSPS) is 14.7. The zero-order valence-corrected chi connectivity index (χ0v) is 10.8. The SMILES string of the molecule is N#Cc1cccc(CN2CCc3ccccc3C2)c1. The van der Waals surface area contributed by atoms with E-state index in [1.807, 2.05) is 18.2 Å². The van der Waals surface area contributed by atoms with Crippen molar-refractivity contribution in [2.24, 2.45) is 0 Å². The maximum atomic E-state index is 8.93. The number of nitriles is 1. The molecule has 0 radical (unpaired) electrons. The van der Waals surface area contributed by atoms with Crippen molar-refractivity contribution in [3.63, 3.8) is 0 Å². The molecule has 2 aromatic rings. The van der Waals surface area contributed by atoms with Crippen LogP contribution in [0.5, 0.6) is 0 Å². The third-order valence-corrected chi connectivity index (χ3v) is 3.67. The molecule has 2 nitrogen and oxygen atoms in total. The van der Waals surface area contributed by atoms with E-state index in [1.165, 1.54) is 16.7 Å². The molecule has 0 aliphatic carbocycles. The monoisotopic (exact) mass is 248 g/mol. The Morgan fingerprint density at radius 2 is 1.89 bits per heavy atom. The van der Waals surface area contributed by atoms with E-state index in [0.29, 0.717) is 0 Å². The predicted octanol–water partition coefficient (Wildman–Crippen LogP) is 3.12. The highest BCUT2D eigenvalue weighted by Gasteiger charge is 2.15. The van der Waals surface area contributed by atoms with Crippen LogP contribution < -0.4 is 0 Å². The Labute approximate surface area is 113 Å². The Kier molecular flexibility index (Phi) is 3.31. The molecule has 2 aromatic carbocycles. The van der Waals surface area contributed by atoms with E-state index < -0.39 is 0 Å². The molecule has 0 unspecified atom stereocenters. The summed E-state index contributed by atoms with van der Waals surface area (Å²) in [6.07, 6.45) is 1.12. The highest BCUT2D eigenvalue weighted by atomic mass is 15.1. The fourth-order valence-corrected chi connectivity index (χ4v) is 2.69. The molecule has 0 N–H and O–H groups in total. The summed E-state index contributed by atoms with van der Waals surface area (Å²) in [7, 11) is 0. The molecule has 19 heavy (non-hydrogen) atoms. The third-order valence-electron chi connectivity index (χ3n) is 3.67. The van der Waals surface area contributed by atoms with Gasteiger partial charge in [0.1, 0.15) is 0 Å². The van der Waals surface area contributed by atoms with Gasteiger partial charge in [-0.1, -0.05) is 36.4 Å². The molecule has 0 saturated heterocycles. The van der Waals surface area contributed by atoms with E-state index in [2.05, 4.69) is 41.3 Å². The van der Waals surface area contributed by atoms with Gasteiger partial charge in [-0.25, -0.2) is 0 Å². The van der Waals surface area contributed by atoms with Crippen molar-refractivity contribution in [1.82, 2.24) is 4.90 Å². The summed E-state index contributed by atoms with van der Waals surface area (Å²) in [5.41, 5.74) is 4.88. The van der Waals surface area contributed by atoms with Gasteiger partial charge in [-0.15, -0.1) is 0 Å². The Morgan fingerprint density at radius 1 is 1.05 bits per heavy atom. The Balaban J connectivity index is 1.74. The van der Waals surface area contributed by atoms with Crippen LogP contribution in [0.3, 0.4) is 0 Å². The summed E-state index contributed by atoms with van der Waals surface area (Å²) in [5, 5.41) is 8.93. The topological polar surface area (TPSA) is 27.0 Å². The Morgan fingerprint density at radius 3 is 2.74 bits per heavy atom. The summed E-state index contributed by atoms with van der Waals surface area (Å²) in [6, 6.07) is 18.8. The molecule has 2 heteroatoms. The number of benzene rings is 2. The lowest BCUT2D eigenvalue weighted by Crippen LogP contribution is -2.29. The van der Waals surface area contributed by atoms with E-state index in [1.54, 1.807) is 0 Å². The largest absolute Gasteiger partial charge is 0.294 e. The molecule has 0 atom stereocenters. The van der Waals surface area contributed by atoms with Gasteiger partial charge in [0.25, 0.3) is 0 Å². The minimum absolute atomic E-state index is 0.745. The van der Waals surface area contributed by atoms with Crippen LogP contribution in [-0.4, -0.2) is 11.4 Å². The van der Waals surface area contributed by atoms with E-state index in [0.717, 1.165) is 31.6 Å². The van der Waals surface area contributed by atoms with Gasteiger partial charge >= 0.3 is 0 Å². The van der Waals surface area contributed by atoms with Gasteiger partial charge in [0.05, 0.1) is 11.6 Å². The third kappa shape index (κ3) is 2.67. The van der Waals surface area contributed by atoms with Crippen LogP contribution in [0.1, 0.15) is 22.3 Å². The summed E-state index contributed by atoms with van der Waals surface area (Å²) >= 11 is 0. The van der Waals surface area contributed by atoms with E-state index in [-0.39, 0.29) is 0 Å². The maximum absolute atomic E-state index is 8.93. The van der Waals surface area contributed by atoms with Gasteiger partial charge in [0.2, 0.25) is 0 Å². The second kappa shape index (κ2) is 5.26. The van der Waals surface area contributed by atoms with Crippen LogP contribution in [0.2, 0.25) is 0 Å². The lowest BCUT2D eigenvalue weighted by Gasteiger charge is -2.28. The Bertz CT molecular complexity index is 625. The van der Waals surface area contributed by atoms with Gasteiger partial charge in [0, 0.05) is 19.6 Å². The van der Waals surface area contributed by atoms with Gasteiger partial charge in [-0.2, -0.15) is 5.26 Å². The number of nitrogens with zero attached hydrogens (tertiary/aromatic N) is 2. The minimum atomic E-state index is 0.745. The fourth-order valence-electron chi connectivity index (χ4n) is 2.69. The van der Waals surface area contributed by atoms with Crippen molar-refractivity contribution < 1.29 is 0 Å². The number of hydrogen-bond donors (Lipinski definition) is 0. The van der Waals surface area contributed by atoms with Crippen LogP contribution in [0.4, 0.5) is 0 Å². The zero-order valence-electron chi connectivity index (χ0n) is 10.8. The number of hydrogen-bond acceptors (Lipinski definition) is 2. The van der Waals surface area contributed by atoms with Crippen molar-refractivity contribution >= 4 is 0 Å². The summed E-state index contributed by atoms with van der Waals surface area (Å²) in [5.74, 6) is 0. The van der Waals surface area contributed by atoms with E-state index in [9.17, 15) is 0 Å². The second-order valence-corrected chi connectivity index (χ2v) is 5.04. The molecule has 1 heterocycles. The number of fused-ring (bicyclic) bond motifs is 1. The van der Waals surface area contributed by atoms with Crippen molar-refractivity contribution in [3.05, 3.63) is 70.8 Å². The van der Waals surface area contributed by atoms with Crippen molar-refractivity contribution in [3.8, 4) is 6.07 Å². The molecule has 3 rings (SSSR count). The first-order chi connectivity index (χ1) is 9.35. The highest BCUT2D eigenvalue weighted by molar-refractivity contribution is 5.33. The molecule has 0 amide bonds. The zero-order chi connectivity index (χ0) is 13.1. The summed E-state index contributed by atoms with van der Waals surface area (Å²) in [4.78, 5) is 2.44. The van der Waals surface area contributed by atoms with Crippen LogP contribution in [0.25, 0.3) is 0 Å². The molecule has 1 aliphatic rings. The van der Waals surface area contributed by atoms with Gasteiger partial charge in [-0.3, -0.25) is 4.90 Å². The maximum Gasteiger partial charge on any atom is 0.0991 e. The molecular formula is C17H16N2. The molecule has 0 fully saturated rings. The molecule has 0 aromatic heterocycles. The van der Waals surface area contributed by atoms with Crippen molar-refractivity contribution in [1.29, 1.82) is 5.26 Å².